The molecule has 0 amide bonds. The van der Waals surface area contributed by atoms with Crippen molar-refractivity contribution in [3.63, 3.8) is 0 Å². The van der Waals surface area contributed by atoms with Crippen molar-refractivity contribution >= 4 is 35.1 Å². The average Bonchev–Trinajstić information content (AvgIpc) is 3.22. The van der Waals surface area contributed by atoms with Gasteiger partial charge in [-0.05, 0) is 18.9 Å². The maximum absolute atomic E-state index is 6.20. The second kappa shape index (κ2) is 10.6. The number of piperazine rings is 1. The van der Waals surface area contributed by atoms with Crippen molar-refractivity contribution in [2.24, 2.45) is 0 Å². The van der Waals surface area contributed by atoms with Gasteiger partial charge in [-0.3, -0.25) is 4.90 Å². The van der Waals surface area contributed by atoms with Gasteiger partial charge in [0.2, 0.25) is 5.95 Å². The van der Waals surface area contributed by atoms with Gasteiger partial charge < -0.3 is 35.8 Å². The zero-order valence-corrected chi connectivity index (χ0v) is 17.5. The molecule has 1 atom stereocenters. The standard InChI is InChI=1S/C18H25N5O3.ClH.2H2O/c1-24-14-10-12-13(11-15(14)25-2)20-18(21-17(12)19)23-7-5-22(6-8-23)16-4-3-9-26-16;;;/h10-11,16H,3-9H2,1-2H3,(H2,19,20,21);1H;2*1H2. The molecule has 6 N–H and O–H groups in total. The molecule has 2 saturated heterocycles. The van der Waals surface area contributed by atoms with E-state index in [1.165, 1.54) is 0 Å². The molecule has 10 nitrogen and oxygen atoms in total. The van der Waals surface area contributed by atoms with E-state index < -0.39 is 0 Å². The highest BCUT2D eigenvalue weighted by Gasteiger charge is 2.28. The summed E-state index contributed by atoms with van der Waals surface area (Å²) < 4.78 is 16.5. The minimum absolute atomic E-state index is 0. The van der Waals surface area contributed by atoms with Gasteiger partial charge in [-0.2, -0.15) is 4.98 Å². The summed E-state index contributed by atoms with van der Waals surface area (Å²) >= 11 is 0. The molecule has 164 valence electrons. The Morgan fingerprint density at radius 1 is 1.03 bits per heavy atom. The second-order valence-electron chi connectivity index (χ2n) is 6.62. The van der Waals surface area contributed by atoms with Crippen molar-refractivity contribution in [2.45, 2.75) is 19.1 Å². The number of hydrogen-bond donors (Lipinski definition) is 1. The van der Waals surface area contributed by atoms with Gasteiger partial charge >= 0.3 is 0 Å². The van der Waals surface area contributed by atoms with E-state index in [-0.39, 0.29) is 29.6 Å². The molecule has 2 fully saturated rings. The van der Waals surface area contributed by atoms with Crippen molar-refractivity contribution in [3.05, 3.63) is 12.1 Å². The minimum atomic E-state index is 0. The van der Waals surface area contributed by atoms with Crippen LogP contribution in [0.25, 0.3) is 10.9 Å². The molecule has 2 aliphatic rings. The average molecular weight is 432 g/mol. The van der Waals surface area contributed by atoms with Gasteiger partial charge in [-0.1, -0.05) is 0 Å². The Balaban J connectivity index is 0.00000140. The van der Waals surface area contributed by atoms with Crippen LogP contribution in [0.15, 0.2) is 12.1 Å². The normalized spacial score (nSPS) is 19.1. The van der Waals surface area contributed by atoms with Gasteiger partial charge in [0, 0.05) is 44.2 Å². The lowest BCUT2D eigenvalue weighted by atomic mass is 10.2. The van der Waals surface area contributed by atoms with Crippen LogP contribution in [-0.2, 0) is 4.74 Å². The van der Waals surface area contributed by atoms with Crippen LogP contribution in [0, 0.1) is 0 Å². The lowest BCUT2D eigenvalue weighted by Gasteiger charge is -2.37. The van der Waals surface area contributed by atoms with Crippen LogP contribution >= 0.6 is 12.4 Å². The maximum Gasteiger partial charge on any atom is 0.227 e. The highest BCUT2D eigenvalue weighted by atomic mass is 35.5. The first kappa shape index (κ1) is 24.9. The Hall–Kier alpha value is -2.11. The summed E-state index contributed by atoms with van der Waals surface area (Å²) in [5.74, 6) is 2.36. The molecule has 2 aromatic rings. The largest absolute Gasteiger partial charge is 0.493 e. The SMILES string of the molecule is COc1cc2nc(N3CCN(C4CCCO4)CC3)nc(N)c2cc1OC.Cl.O.O. The summed E-state index contributed by atoms with van der Waals surface area (Å²) in [7, 11) is 3.21. The third-order valence-electron chi connectivity index (χ3n) is 5.13. The molecule has 0 radical (unpaired) electrons. The number of anilines is 2. The number of rotatable bonds is 4. The van der Waals surface area contributed by atoms with Crippen LogP contribution in [0.3, 0.4) is 0 Å². The molecule has 4 rings (SSSR count). The third kappa shape index (κ3) is 4.90. The first-order chi connectivity index (χ1) is 12.7. The smallest absolute Gasteiger partial charge is 0.227 e. The highest BCUT2D eigenvalue weighted by Crippen LogP contribution is 2.34. The van der Waals surface area contributed by atoms with Crippen molar-refractivity contribution in [1.29, 1.82) is 0 Å². The van der Waals surface area contributed by atoms with Crippen molar-refractivity contribution < 1.29 is 25.2 Å². The van der Waals surface area contributed by atoms with Gasteiger partial charge in [-0.15, -0.1) is 12.4 Å². The van der Waals surface area contributed by atoms with Crippen LogP contribution in [0.4, 0.5) is 11.8 Å². The van der Waals surface area contributed by atoms with E-state index in [1.807, 2.05) is 12.1 Å². The minimum Gasteiger partial charge on any atom is -0.493 e. The van der Waals surface area contributed by atoms with Crippen molar-refractivity contribution in [2.75, 3.05) is 57.6 Å². The molecule has 0 spiro atoms. The Labute approximate surface area is 176 Å². The number of halogens is 1. The van der Waals surface area contributed by atoms with Crippen LogP contribution in [-0.4, -0.2) is 79.1 Å². The van der Waals surface area contributed by atoms with Crippen LogP contribution in [0.5, 0.6) is 11.5 Å². The molecule has 1 aromatic carbocycles. The predicted octanol–water partition coefficient (Wildman–Crippen LogP) is 0.260. The molecular weight excluding hydrogens is 402 g/mol. The van der Waals surface area contributed by atoms with E-state index in [0.29, 0.717) is 23.3 Å². The first-order valence-corrected chi connectivity index (χ1v) is 8.99. The molecule has 0 bridgehead atoms. The van der Waals surface area contributed by atoms with Gasteiger partial charge in [-0.25, -0.2) is 4.98 Å². The fourth-order valence-corrected chi connectivity index (χ4v) is 3.67. The van der Waals surface area contributed by atoms with Crippen LogP contribution in [0.2, 0.25) is 0 Å². The second-order valence-corrected chi connectivity index (χ2v) is 6.62. The van der Waals surface area contributed by atoms with Gasteiger partial charge in [0.15, 0.2) is 11.5 Å². The number of ether oxygens (including phenoxy) is 3. The number of benzene rings is 1. The van der Waals surface area contributed by atoms with Crippen LogP contribution < -0.4 is 20.1 Å². The van der Waals surface area contributed by atoms with E-state index in [2.05, 4.69) is 14.8 Å². The fourth-order valence-electron chi connectivity index (χ4n) is 3.67. The fraction of sp³-hybridized carbons (Fsp3) is 0.556. The quantitative estimate of drug-likeness (QED) is 0.724. The number of aromatic nitrogens is 2. The number of nitrogens with two attached hydrogens (primary N) is 1. The van der Waals surface area contributed by atoms with E-state index in [9.17, 15) is 0 Å². The third-order valence-corrected chi connectivity index (χ3v) is 5.13. The molecule has 2 aliphatic heterocycles. The monoisotopic (exact) mass is 431 g/mol. The number of hydrogen-bond acceptors (Lipinski definition) is 8. The molecule has 11 heteroatoms. The Kier molecular flexibility index (Phi) is 9.12. The molecule has 0 saturated carbocycles. The highest BCUT2D eigenvalue weighted by molar-refractivity contribution is 5.91. The van der Waals surface area contributed by atoms with Gasteiger partial charge in [0.25, 0.3) is 0 Å². The topological polar surface area (TPSA) is 149 Å². The van der Waals surface area contributed by atoms with Crippen molar-refractivity contribution in [3.8, 4) is 11.5 Å². The summed E-state index contributed by atoms with van der Waals surface area (Å²) in [5.41, 5.74) is 6.96. The van der Waals surface area contributed by atoms with Crippen LogP contribution in [0.1, 0.15) is 12.8 Å². The maximum atomic E-state index is 6.20. The van der Waals surface area contributed by atoms with Gasteiger partial charge in [0.1, 0.15) is 12.0 Å². The Morgan fingerprint density at radius 2 is 1.69 bits per heavy atom. The first-order valence-electron chi connectivity index (χ1n) is 8.99. The summed E-state index contributed by atoms with van der Waals surface area (Å²) in [4.78, 5) is 13.8. The Bertz CT molecular complexity index is 798. The van der Waals surface area contributed by atoms with E-state index in [0.717, 1.165) is 56.5 Å². The molecule has 3 heterocycles. The lowest BCUT2D eigenvalue weighted by molar-refractivity contribution is -0.0223. The number of fused-ring (bicyclic) bond motifs is 1. The van der Waals surface area contributed by atoms with Crippen molar-refractivity contribution in [1.82, 2.24) is 14.9 Å². The molecule has 1 aromatic heterocycles. The zero-order chi connectivity index (χ0) is 18.1. The molecular formula is C18H30ClN5O5. The summed E-state index contributed by atoms with van der Waals surface area (Å²) in [6, 6.07) is 3.67. The number of methoxy groups -OCH3 is 2. The molecule has 1 unspecified atom stereocenters. The zero-order valence-electron chi connectivity index (χ0n) is 16.7. The Morgan fingerprint density at radius 3 is 2.28 bits per heavy atom. The predicted molar refractivity (Wildman–Crippen MR) is 114 cm³/mol. The van der Waals surface area contributed by atoms with E-state index in [4.69, 9.17) is 24.9 Å². The van der Waals surface area contributed by atoms with E-state index in [1.54, 1.807) is 14.2 Å². The van der Waals surface area contributed by atoms with Gasteiger partial charge in [0.05, 0.1) is 19.7 Å². The lowest BCUT2D eigenvalue weighted by Crippen LogP contribution is -2.50. The summed E-state index contributed by atoms with van der Waals surface area (Å²) in [6.45, 7) is 4.48. The van der Waals surface area contributed by atoms with E-state index >= 15 is 0 Å². The molecule has 29 heavy (non-hydrogen) atoms. The number of nitrogens with zero attached hydrogens (tertiary/aromatic N) is 4. The summed E-state index contributed by atoms with van der Waals surface area (Å²) in [6.07, 6.45) is 2.55. The summed E-state index contributed by atoms with van der Waals surface area (Å²) in [5, 5.41) is 0.768. The molecule has 0 aliphatic carbocycles. The number of nitrogen functional groups attached to an aromatic ring is 1.